The molecule has 10 aromatic rings. The molecule has 0 saturated heterocycles. The first-order chi connectivity index (χ1) is 57.7. The third-order valence-corrected chi connectivity index (χ3v) is 28.1. The van der Waals surface area contributed by atoms with Crippen LogP contribution in [0.4, 0.5) is 0 Å². The molecule has 0 atom stereocenters. The molecule has 119 heavy (non-hydrogen) atoms. The van der Waals surface area contributed by atoms with Crippen molar-refractivity contribution in [2.24, 2.45) is 0 Å². The fourth-order valence-corrected chi connectivity index (χ4v) is 23.9. The first kappa shape index (κ1) is 88.0. The van der Waals surface area contributed by atoms with E-state index in [1.54, 1.807) is 28.4 Å². The van der Waals surface area contributed by atoms with Gasteiger partial charge in [-0.05, 0) is 146 Å². The number of ether oxygens (including phenoxy) is 14. The smallest absolute Gasteiger partial charge is 0.339 e. The molecule has 0 amide bonds. The van der Waals surface area contributed by atoms with Crippen molar-refractivity contribution in [2.75, 3.05) is 94.5 Å². The molecule has 23 heteroatoms. The van der Waals surface area contributed by atoms with Gasteiger partial charge in [0.2, 0.25) is 0 Å². The Bertz CT molecular complexity index is 5070. The van der Waals surface area contributed by atoms with E-state index in [2.05, 4.69) is 33.1 Å². The average Bonchev–Trinajstić information content (AvgIpc) is 0.722. The zero-order valence-corrected chi connectivity index (χ0v) is 71.2. The predicted molar refractivity (Wildman–Crippen MR) is 462 cm³/mol. The number of hydrogen-bond donors (Lipinski definition) is 0. The van der Waals surface area contributed by atoms with E-state index in [0.29, 0.717) is 87.7 Å². The van der Waals surface area contributed by atoms with Crippen molar-refractivity contribution in [3.63, 3.8) is 0 Å². The molecule has 0 saturated carbocycles. The van der Waals surface area contributed by atoms with E-state index >= 15 is 0 Å². The Kier molecular flexibility index (Phi) is 31.0. The maximum atomic E-state index is 14.4. The third-order valence-electron chi connectivity index (χ3n) is 20.4. The highest BCUT2D eigenvalue weighted by molar-refractivity contribution is 6.84. The maximum absolute atomic E-state index is 14.4. The quantitative estimate of drug-likeness (QED) is 0.0150. The summed E-state index contributed by atoms with van der Waals surface area (Å²) < 4.78 is 86.3. The summed E-state index contributed by atoms with van der Waals surface area (Å²) in [5, 5.41) is 3.21. The number of benzene rings is 10. The molecule has 622 valence electrons. The molecule has 0 aliphatic carbocycles. The lowest BCUT2D eigenvalue weighted by Crippen LogP contribution is -2.44. The van der Waals surface area contributed by atoms with Crippen molar-refractivity contribution >= 4 is 86.1 Å². The van der Waals surface area contributed by atoms with Crippen LogP contribution in [-0.4, -0.2) is 147 Å². The van der Waals surface area contributed by atoms with Crippen molar-refractivity contribution in [3.05, 3.63) is 263 Å². The van der Waals surface area contributed by atoms with Crippen LogP contribution in [-0.2, 0) is 72.4 Å². The van der Waals surface area contributed by atoms with Crippen LogP contribution in [0.15, 0.2) is 218 Å². The molecule has 0 radical (unpaired) electrons. The number of hydrogen-bond acceptors (Lipinski definition) is 21. The van der Waals surface area contributed by atoms with Gasteiger partial charge in [0, 0.05) is 68.5 Å². The van der Waals surface area contributed by atoms with Gasteiger partial charge < -0.3 is 70.4 Å². The molecule has 0 bridgehead atoms. The number of carbonyl (C=O) groups is 6. The predicted octanol–water partition coefficient (Wildman–Crippen LogP) is 19.1. The van der Waals surface area contributed by atoms with Crippen molar-refractivity contribution in [2.45, 2.75) is 102 Å². The summed E-state index contributed by atoms with van der Waals surface area (Å²) in [4.78, 5) is 77.9. The Morgan fingerprint density at radius 2 is 0.655 bits per heavy atom. The van der Waals surface area contributed by atoms with Crippen LogP contribution in [0.2, 0.25) is 38.3 Å². The van der Waals surface area contributed by atoms with Crippen molar-refractivity contribution in [3.8, 4) is 56.8 Å². The number of fused-ring (bicyclic) bond motifs is 6. The first-order valence-corrected chi connectivity index (χ1v) is 46.4. The van der Waals surface area contributed by atoms with E-state index in [1.807, 2.05) is 237 Å². The van der Waals surface area contributed by atoms with Crippen molar-refractivity contribution in [1.29, 1.82) is 0 Å². The van der Waals surface area contributed by atoms with E-state index in [0.717, 1.165) is 73.8 Å². The van der Waals surface area contributed by atoms with Crippen LogP contribution < -0.4 is 28.4 Å². The Labute approximate surface area is 697 Å². The second kappa shape index (κ2) is 42.0. The molecule has 2 aliphatic heterocycles. The van der Waals surface area contributed by atoms with Crippen LogP contribution >= 0.6 is 0 Å². The lowest BCUT2D eigenvalue weighted by Gasteiger charge is -2.37. The van der Waals surface area contributed by atoms with Crippen LogP contribution in [0.5, 0.6) is 34.5 Å². The molecular formula is C96H104O21Si2. The second-order valence-electron chi connectivity index (χ2n) is 29.5. The third kappa shape index (κ3) is 22.3. The summed E-state index contributed by atoms with van der Waals surface area (Å²) in [6.45, 7) is 14.2. The molecule has 0 spiro atoms. The highest BCUT2D eigenvalue weighted by Crippen LogP contribution is 2.53. The van der Waals surface area contributed by atoms with E-state index in [9.17, 15) is 28.8 Å². The zero-order valence-electron chi connectivity index (χ0n) is 69.2. The molecule has 2 aliphatic rings. The fraction of sp³-hybridized carbons (Fsp3) is 0.312. The Morgan fingerprint density at radius 1 is 0.345 bits per heavy atom. The van der Waals surface area contributed by atoms with Gasteiger partial charge in [-0.15, -0.1) is 0 Å². The van der Waals surface area contributed by atoms with Crippen LogP contribution in [0, 0.1) is 0 Å². The van der Waals surface area contributed by atoms with Gasteiger partial charge in [0.15, 0.2) is 27.8 Å². The highest BCUT2D eigenvalue weighted by Gasteiger charge is 2.43. The zero-order chi connectivity index (χ0) is 84.4. The molecule has 12 rings (SSSR count). The highest BCUT2D eigenvalue weighted by atomic mass is 28.4. The van der Waals surface area contributed by atoms with Crippen molar-refractivity contribution in [1.82, 2.24) is 0 Å². The Balaban J connectivity index is 0.000000237. The number of rotatable bonds is 39. The summed E-state index contributed by atoms with van der Waals surface area (Å²) in [5.41, 5.74) is 5.91. The minimum Gasteiger partial charge on any atom is -0.497 e. The molecule has 0 unspecified atom stereocenters. The van der Waals surface area contributed by atoms with Crippen LogP contribution in [0.3, 0.4) is 0 Å². The molecule has 0 fully saturated rings. The van der Waals surface area contributed by atoms with Gasteiger partial charge in [0.05, 0.1) is 78.5 Å². The summed E-state index contributed by atoms with van der Waals surface area (Å²) in [7, 11) is 3.10. The Morgan fingerprint density at radius 3 is 0.992 bits per heavy atom. The SMILES string of the molecule is CCC[Si](C)(C)O[Si](C)(C)CCCOCCOC(=O)CCC(=O)OCCOC(=O)c1c2c(c3ccccc3c1-c1ccccc1)OC(c1ccc(OC)cc1)(c1ccc(OC)cc1)C=C2.CCOCCOC(=O)CCC(=O)OCCOC(=O)c1c2c(c3ccccc3c1-c1ccccc1)OC(c1ccc(OC)cc1)(c1ccc(OC)cc1)C=C2. The van der Waals surface area contributed by atoms with E-state index in [-0.39, 0.29) is 71.9 Å². The van der Waals surface area contributed by atoms with E-state index < -0.39 is 63.7 Å². The van der Waals surface area contributed by atoms with Crippen LogP contribution in [0.25, 0.3) is 56.0 Å². The molecule has 0 N–H and O–H groups in total. The van der Waals surface area contributed by atoms with Crippen molar-refractivity contribution < 1.29 is 99.2 Å². The van der Waals surface area contributed by atoms with Gasteiger partial charge in [-0.25, -0.2) is 9.59 Å². The van der Waals surface area contributed by atoms with Gasteiger partial charge >= 0.3 is 35.8 Å². The second-order valence-corrected chi connectivity index (χ2v) is 38.4. The molecule has 10 aromatic carbocycles. The molecular weight excluding hydrogens is 1550 g/mol. The summed E-state index contributed by atoms with van der Waals surface area (Å²) in [6.07, 6.45) is 9.17. The van der Waals surface area contributed by atoms with Crippen LogP contribution in [0.1, 0.15) is 106 Å². The standard InChI is InChI=1S/C52H62O11Si2.C44H42O10/c1-8-36-64(4,5)63-65(6,7)37-14-31-58-32-33-59-46(53)27-28-47(54)60-34-35-61-51(55)49-45-29-30-52(39-19-23-41(56-2)24-20-39,40-21-25-42(57-3)26-22-40)62-50(45)44-18-13-12-17-43(44)48(49)38-15-10-9-11-16-38;1-4-50-26-27-51-38(45)22-23-39(46)52-28-29-53-43(47)41-37-24-25-44(31-14-18-33(48-2)19-15-31,32-16-20-34(49-3)21-17-32)54-42(37)36-13-9-8-12-35(36)40(41)30-10-6-5-7-11-30/h9-13,15-26,29-30H,8,14,27-28,31-37H2,1-7H3;5-21,24-25H,4,22-23,26-29H2,1-3H3. The van der Waals surface area contributed by atoms with Gasteiger partial charge in [-0.1, -0.05) is 171 Å². The first-order valence-electron chi connectivity index (χ1n) is 40.1. The number of methoxy groups -OCH3 is 4. The van der Waals surface area contributed by atoms with E-state index in [1.165, 1.54) is 6.04 Å². The topological polar surface area (TPSA) is 241 Å². The minimum atomic E-state index is -1.76. The maximum Gasteiger partial charge on any atom is 0.339 e. The largest absolute Gasteiger partial charge is 0.497 e. The number of carbonyl (C=O) groups excluding carboxylic acids is 6. The summed E-state index contributed by atoms with van der Waals surface area (Å²) in [6, 6.07) is 67.9. The van der Waals surface area contributed by atoms with Gasteiger partial charge in [0.25, 0.3) is 0 Å². The minimum absolute atomic E-state index is 0.102. The van der Waals surface area contributed by atoms with E-state index in [4.69, 9.17) is 70.4 Å². The monoisotopic (exact) mass is 1650 g/mol. The summed E-state index contributed by atoms with van der Waals surface area (Å²) >= 11 is 0. The molecule has 2 heterocycles. The number of esters is 6. The van der Waals surface area contributed by atoms with Gasteiger partial charge in [-0.3, -0.25) is 19.2 Å². The molecule has 21 nitrogen and oxygen atoms in total. The normalized spacial score (nSPS) is 12.9. The Hall–Kier alpha value is -11.9. The summed E-state index contributed by atoms with van der Waals surface area (Å²) in [5.74, 6) is 0.343. The average molecular weight is 1650 g/mol. The lowest BCUT2D eigenvalue weighted by molar-refractivity contribution is -0.151. The fourth-order valence-electron chi connectivity index (χ4n) is 14.9. The molecule has 0 aromatic heterocycles. The lowest BCUT2D eigenvalue weighted by atomic mass is 9.81. The van der Waals surface area contributed by atoms with Gasteiger partial charge in [-0.2, -0.15) is 0 Å². The van der Waals surface area contributed by atoms with Gasteiger partial charge in [0.1, 0.15) is 74.1 Å².